The van der Waals surface area contributed by atoms with E-state index in [9.17, 15) is 5.11 Å². The van der Waals surface area contributed by atoms with Gasteiger partial charge in [-0.05, 0) is 19.5 Å². The minimum Gasteiger partial charge on any atom is -0.382 e. The van der Waals surface area contributed by atoms with Gasteiger partial charge in [-0.2, -0.15) is 0 Å². The van der Waals surface area contributed by atoms with Gasteiger partial charge in [0, 0.05) is 14.1 Å². The number of likely N-dealkylation sites (N-methyl/N-ethyl adjacent to an activating group) is 1. The average molecular weight is 170 g/mol. The summed E-state index contributed by atoms with van der Waals surface area (Å²) in [6.07, 6.45) is 2.27. The molecule has 0 radical (unpaired) electrons. The van der Waals surface area contributed by atoms with Crippen molar-refractivity contribution < 1.29 is 5.11 Å². The topological polar surface area (TPSA) is 35.8 Å². The molecule has 1 unspecified atom stereocenters. The molecule has 0 aromatic heterocycles. The highest BCUT2D eigenvalue weighted by Gasteiger charge is 2.26. The van der Waals surface area contributed by atoms with Crippen LogP contribution in [0.3, 0.4) is 0 Å². The van der Waals surface area contributed by atoms with Gasteiger partial charge in [0.1, 0.15) is 11.4 Å². The van der Waals surface area contributed by atoms with Crippen LogP contribution >= 0.6 is 0 Å². The second-order valence-corrected chi connectivity index (χ2v) is 2.97. The van der Waals surface area contributed by atoms with Gasteiger partial charge in [0.15, 0.2) is 0 Å². The Bertz CT molecular complexity index is 185. The molecule has 0 heterocycles. The normalized spacial score (nSPS) is 16.9. The van der Waals surface area contributed by atoms with Crippen molar-refractivity contribution in [2.45, 2.75) is 25.9 Å². The molecule has 0 amide bonds. The first-order valence-corrected chi connectivity index (χ1v) is 4.04. The number of amidine groups is 1. The highest BCUT2D eigenvalue weighted by atomic mass is 16.3. The van der Waals surface area contributed by atoms with Gasteiger partial charge in [0.05, 0.1) is 0 Å². The Balaban J connectivity index is 4.68. The molecule has 70 valence electrons. The highest BCUT2D eigenvalue weighted by Crippen LogP contribution is 2.13. The third kappa shape index (κ3) is 2.34. The van der Waals surface area contributed by atoms with Crippen LogP contribution in [0.25, 0.3) is 0 Å². The first-order chi connectivity index (χ1) is 5.49. The molecular formula is C9H18N2O. The van der Waals surface area contributed by atoms with Crippen molar-refractivity contribution in [1.82, 2.24) is 4.90 Å². The molecule has 3 heteroatoms. The molecule has 3 nitrogen and oxygen atoms in total. The zero-order valence-corrected chi connectivity index (χ0v) is 8.33. The van der Waals surface area contributed by atoms with Gasteiger partial charge in [0.2, 0.25) is 0 Å². The fourth-order valence-electron chi connectivity index (χ4n) is 1.02. The number of aliphatic imine (C=N–C) groups is 1. The summed E-state index contributed by atoms with van der Waals surface area (Å²) in [5.74, 6) is 0.639. The van der Waals surface area contributed by atoms with Crippen molar-refractivity contribution in [3.63, 3.8) is 0 Å². The average Bonchev–Trinajstić information content (AvgIpc) is 2.05. The van der Waals surface area contributed by atoms with Gasteiger partial charge in [-0.3, -0.25) is 4.99 Å². The maximum absolute atomic E-state index is 9.86. The number of hydrogen-bond donors (Lipinski definition) is 1. The van der Waals surface area contributed by atoms with Crippen LogP contribution in [0, 0.1) is 0 Å². The van der Waals surface area contributed by atoms with Crippen molar-refractivity contribution in [3.8, 4) is 0 Å². The fourth-order valence-corrected chi connectivity index (χ4v) is 1.02. The van der Waals surface area contributed by atoms with E-state index in [0.717, 1.165) is 0 Å². The largest absolute Gasteiger partial charge is 0.382 e. The third-order valence-electron chi connectivity index (χ3n) is 1.99. The highest BCUT2D eigenvalue weighted by molar-refractivity contribution is 5.90. The SMILES string of the molecule is C=CN(C)/C(=N\C)C(C)(O)CC. The Kier molecular flexibility index (Phi) is 3.96. The second kappa shape index (κ2) is 4.26. The van der Waals surface area contributed by atoms with Crippen LogP contribution in [0.5, 0.6) is 0 Å². The van der Waals surface area contributed by atoms with Crippen LogP contribution in [0.4, 0.5) is 0 Å². The van der Waals surface area contributed by atoms with Crippen molar-refractivity contribution >= 4 is 5.84 Å². The first-order valence-electron chi connectivity index (χ1n) is 4.04. The van der Waals surface area contributed by atoms with Gasteiger partial charge >= 0.3 is 0 Å². The summed E-state index contributed by atoms with van der Waals surface area (Å²) < 4.78 is 0. The van der Waals surface area contributed by atoms with Crippen LogP contribution in [0.1, 0.15) is 20.3 Å². The van der Waals surface area contributed by atoms with E-state index < -0.39 is 5.60 Å². The Labute approximate surface area is 74.4 Å². The minimum absolute atomic E-state index is 0.637. The molecular weight excluding hydrogens is 152 g/mol. The van der Waals surface area contributed by atoms with E-state index in [4.69, 9.17) is 0 Å². The Hall–Kier alpha value is -0.830. The van der Waals surface area contributed by atoms with Gasteiger partial charge < -0.3 is 10.0 Å². The number of hydrogen-bond acceptors (Lipinski definition) is 2. The molecule has 0 rings (SSSR count). The molecule has 0 aromatic carbocycles. The predicted octanol–water partition coefficient (Wildman–Crippen LogP) is 1.25. The molecule has 0 aliphatic heterocycles. The van der Waals surface area contributed by atoms with Gasteiger partial charge in [0.25, 0.3) is 0 Å². The van der Waals surface area contributed by atoms with E-state index >= 15 is 0 Å². The maximum Gasteiger partial charge on any atom is 0.134 e. The van der Waals surface area contributed by atoms with Crippen LogP contribution in [0.15, 0.2) is 17.8 Å². The zero-order chi connectivity index (χ0) is 9.78. The molecule has 0 spiro atoms. The van der Waals surface area contributed by atoms with E-state index in [-0.39, 0.29) is 0 Å². The van der Waals surface area contributed by atoms with Crippen LogP contribution in [-0.2, 0) is 0 Å². The lowest BCUT2D eigenvalue weighted by atomic mass is 10.0. The molecule has 0 fully saturated rings. The third-order valence-corrected chi connectivity index (χ3v) is 1.99. The van der Waals surface area contributed by atoms with Crippen molar-refractivity contribution in [3.05, 3.63) is 12.8 Å². The Morgan fingerprint density at radius 3 is 2.50 bits per heavy atom. The lowest BCUT2D eigenvalue weighted by Gasteiger charge is -2.28. The number of nitrogens with zero attached hydrogens (tertiary/aromatic N) is 2. The molecule has 0 bridgehead atoms. The molecule has 1 N–H and O–H groups in total. The summed E-state index contributed by atoms with van der Waals surface area (Å²) >= 11 is 0. The first kappa shape index (κ1) is 11.2. The van der Waals surface area contributed by atoms with Crippen molar-refractivity contribution in [1.29, 1.82) is 0 Å². The zero-order valence-electron chi connectivity index (χ0n) is 8.33. The smallest absolute Gasteiger partial charge is 0.134 e. The Morgan fingerprint density at radius 1 is 1.75 bits per heavy atom. The summed E-state index contributed by atoms with van der Waals surface area (Å²) in [4.78, 5) is 5.75. The van der Waals surface area contributed by atoms with E-state index in [1.807, 2.05) is 14.0 Å². The standard InChI is InChI=1S/C9H18N2O/c1-6-9(3,12)8(10-4)11(5)7-2/h7,12H,2,6H2,1,3-5H3/b10-8-. The summed E-state index contributed by atoms with van der Waals surface area (Å²) in [7, 11) is 3.49. The fraction of sp³-hybridized carbons (Fsp3) is 0.667. The quantitative estimate of drug-likeness (QED) is 0.511. The van der Waals surface area contributed by atoms with Crippen LogP contribution < -0.4 is 0 Å². The monoisotopic (exact) mass is 170 g/mol. The maximum atomic E-state index is 9.86. The van der Waals surface area contributed by atoms with Crippen molar-refractivity contribution in [2.75, 3.05) is 14.1 Å². The van der Waals surface area contributed by atoms with E-state index in [1.165, 1.54) is 0 Å². The molecule has 0 saturated heterocycles. The van der Waals surface area contributed by atoms with E-state index in [1.54, 1.807) is 25.1 Å². The lowest BCUT2D eigenvalue weighted by molar-refractivity contribution is 0.118. The van der Waals surface area contributed by atoms with Crippen molar-refractivity contribution in [2.24, 2.45) is 4.99 Å². The summed E-state index contributed by atoms with van der Waals surface area (Å²) in [6, 6.07) is 0. The van der Waals surface area contributed by atoms with Crippen LogP contribution in [0.2, 0.25) is 0 Å². The lowest BCUT2D eigenvalue weighted by Crippen LogP contribution is -2.42. The summed E-state index contributed by atoms with van der Waals surface area (Å²) in [5, 5.41) is 9.86. The molecule has 0 aliphatic rings. The van der Waals surface area contributed by atoms with Gasteiger partial charge in [-0.1, -0.05) is 13.5 Å². The van der Waals surface area contributed by atoms with Gasteiger partial charge in [-0.15, -0.1) is 0 Å². The Morgan fingerprint density at radius 2 is 2.25 bits per heavy atom. The minimum atomic E-state index is -0.863. The van der Waals surface area contributed by atoms with Gasteiger partial charge in [-0.25, -0.2) is 0 Å². The molecule has 1 atom stereocenters. The molecule has 12 heavy (non-hydrogen) atoms. The summed E-state index contributed by atoms with van der Waals surface area (Å²) in [6.45, 7) is 7.28. The predicted molar refractivity (Wildman–Crippen MR) is 52.2 cm³/mol. The summed E-state index contributed by atoms with van der Waals surface area (Å²) in [5.41, 5.74) is -0.863. The molecule has 0 saturated carbocycles. The number of rotatable bonds is 3. The second-order valence-electron chi connectivity index (χ2n) is 2.97. The van der Waals surface area contributed by atoms with E-state index in [0.29, 0.717) is 12.3 Å². The van der Waals surface area contributed by atoms with Crippen LogP contribution in [-0.4, -0.2) is 35.5 Å². The molecule has 0 aromatic rings. The molecule has 0 aliphatic carbocycles. The van der Waals surface area contributed by atoms with E-state index in [2.05, 4.69) is 11.6 Å². The number of aliphatic hydroxyl groups is 1.